The molecule has 0 aliphatic heterocycles. The second-order valence-electron chi connectivity index (χ2n) is 5.85. The van der Waals surface area contributed by atoms with Gasteiger partial charge in [-0.1, -0.05) is 6.92 Å². The zero-order valence-corrected chi connectivity index (χ0v) is 13.1. The van der Waals surface area contributed by atoms with Gasteiger partial charge in [-0.05, 0) is 62.9 Å². The average molecular weight is 294 g/mol. The molecule has 21 heavy (non-hydrogen) atoms. The molecule has 1 atom stereocenters. The molecule has 0 fully saturated rings. The number of rotatable bonds is 5. The lowest BCUT2D eigenvalue weighted by Gasteiger charge is -2.22. The van der Waals surface area contributed by atoms with Crippen LogP contribution >= 0.6 is 0 Å². The van der Waals surface area contributed by atoms with Gasteiger partial charge in [0, 0.05) is 0 Å². The number of benzene rings is 1. The maximum Gasteiger partial charge on any atom is 0.337 e. The van der Waals surface area contributed by atoms with Gasteiger partial charge in [-0.2, -0.15) is 0 Å². The van der Waals surface area contributed by atoms with Gasteiger partial charge in [0.05, 0.1) is 5.41 Å². The summed E-state index contributed by atoms with van der Waals surface area (Å²) in [6, 6.07) is 3.04. The van der Waals surface area contributed by atoms with E-state index in [2.05, 4.69) is 0 Å². The third kappa shape index (κ3) is 3.82. The zero-order chi connectivity index (χ0) is 16.4. The van der Waals surface area contributed by atoms with Gasteiger partial charge in [0.15, 0.2) is 6.10 Å². The number of aliphatic carboxylic acids is 1. The van der Waals surface area contributed by atoms with Gasteiger partial charge in [-0.3, -0.25) is 4.79 Å². The predicted molar refractivity (Wildman–Crippen MR) is 78.2 cm³/mol. The topological polar surface area (TPSA) is 83.8 Å². The minimum Gasteiger partial charge on any atom is -0.479 e. The summed E-state index contributed by atoms with van der Waals surface area (Å²) >= 11 is 0. The fourth-order valence-corrected chi connectivity index (χ4v) is 1.82. The van der Waals surface area contributed by atoms with E-state index in [1.165, 1.54) is 12.1 Å². The van der Waals surface area contributed by atoms with Crippen LogP contribution in [0.2, 0.25) is 0 Å². The van der Waals surface area contributed by atoms with Gasteiger partial charge in [-0.15, -0.1) is 0 Å². The Bertz CT molecular complexity index is 537. The van der Waals surface area contributed by atoms with E-state index in [9.17, 15) is 14.7 Å². The Kier molecular flexibility index (Phi) is 5.12. The number of carboxylic acid groups (broad SMARTS) is 1. The van der Waals surface area contributed by atoms with Crippen LogP contribution in [0.5, 0.6) is 5.75 Å². The molecule has 0 saturated heterocycles. The molecule has 0 radical (unpaired) electrons. The average Bonchev–Trinajstić information content (AvgIpc) is 2.41. The highest BCUT2D eigenvalue weighted by Gasteiger charge is 2.29. The lowest BCUT2D eigenvalue weighted by molar-refractivity contribution is -0.147. The molecule has 1 unspecified atom stereocenters. The fraction of sp³-hybridized carbons (Fsp3) is 0.500. The van der Waals surface area contributed by atoms with Crippen molar-refractivity contribution in [2.45, 2.75) is 47.1 Å². The zero-order valence-electron chi connectivity index (χ0n) is 13.1. The van der Waals surface area contributed by atoms with Gasteiger partial charge in [0.1, 0.15) is 5.75 Å². The SMILES string of the molecule is CCC(C)(C)C(=O)Oc1c(C)cc(C(O)C(=O)O)cc1C. The molecule has 0 saturated carbocycles. The van der Waals surface area contributed by atoms with Crippen LogP contribution in [0.4, 0.5) is 0 Å². The summed E-state index contributed by atoms with van der Waals surface area (Å²) in [5, 5.41) is 18.4. The van der Waals surface area contributed by atoms with Crippen molar-refractivity contribution in [1.82, 2.24) is 0 Å². The van der Waals surface area contributed by atoms with Crippen molar-refractivity contribution in [2.24, 2.45) is 5.41 Å². The first-order chi connectivity index (χ1) is 9.60. The smallest absolute Gasteiger partial charge is 0.337 e. The van der Waals surface area contributed by atoms with E-state index in [0.29, 0.717) is 23.3 Å². The first-order valence-corrected chi connectivity index (χ1v) is 6.84. The van der Waals surface area contributed by atoms with Crippen molar-refractivity contribution >= 4 is 11.9 Å². The number of aliphatic hydroxyl groups is 1. The molecule has 0 spiro atoms. The van der Waals surface area contributed by atoms with Crippen molar-refractivity contribution in [3.8, 4) is 5.75 Å². The molecule has 116 valence electrons. The van der Waals surface area contributed by atoms with Gasteiger partial charge in [0.2, 0.25) is 0 Å². The Morgan fingerprint density at radius 3 is 2.10 bits per heavy atom. The molecule has 0 aliphatic carbocycles. The lowest BCUT2D eigenvalue weighted by Crippen LogP contribution is -2.28. The van der Waals surface area contributed by atoms with Crippen LogP contribution in [0.3, 0.4) is 0 Å². The number of esters is 1. The van der Waals surface area contributed by atoms with Crippen molar-refractivity contribution in [1.29, 1.82) is 0 Å². The third-order valence-corrected chi connectivity index (χ3v) is 3.66. The Morgan fingerprint density at radius 2 is 1.71 bits per heavy atom. The second-order valence-corrected chi connectivity index (χ2v) is 5.85. The number of aliphatic hydroxyl groups excluding tert-OH is 1. The molecular weight excluding hydrogens is 272 g/mol. The number of carbonyl (C=O) groups is 2. The van der Waals surface area contributed by atoms with E-state index in [4.69, 9.17) is 9.84 Å². The van der Waals surface area contributed by atoms with Crippen molar-refractivity contribution < 1.29 is 24.5 Å². The maximum absolute atomic E-state index is 12.1. The van der Waals surface area contributed by atoms with E-state index in [0.717, 1.165) is 0 Å². The number of carbonyl (C=O) groups excluding carboxylic acids is 1. The first-order valence-electron chi connectivity index (χ1n) is 6.84. The highest BCUT2D eigenvalue weighted by molar-refractivity contribution is 5.79. The Labute approximate surface area is 124 Å². The van der Waals surface area contributed by atoms with Gasteiger partial charge in [0.25, 0.3) is 0 Å². The number of hydrogen-bond acceptors (Lipinski definition) is 4. The Morgan fingerprint density at radius 1 is 1.24 bits per heavy atom. The molecule has 0 heterocycles. The minimum atomic E-state index is -1.58. The normalized spacial score (nSPS) is 12.9. The van der Waals surface area contributed by atoms with Crippen molar-refractivity contribution in [3.63, 3.8) is 0 Å². The van der Waals surface area contributed by atoms with Crippen LogP contribution in [-0.4, -0.2) is 22.2 Å². The third-order valence-electron chi connectivity index (χ3n) is 3.66. The van der Waals surface area contributed by atoms with Crippen LogP contribution in [0.15, 0.2) is 12.1 Å². The van der Waals surface area contributed by atoms with Crippen LogP contribution in [0.25, 0.3) is 0 Å². The Balaban J connectivity index is 3.12. The quantitative estimate of drug-likeness (QED) is 0.644. The van der Waals surface area contributed by atoms with E-state index in [1.807, 2.05) is 20.8 Å². The first kappa shape index (κ1) is 17.2. The molecule has 0 aliphatic rings. The molecule has 1 aromatic carbocycles. The summed E-state index contributed by atoms with van der Waals surface area (Å²) in [6.45, 7) is 8.96. The fourth-order valence-electron chi connectivity index (χ4n) is 1.82. The van der Waals surface area contributed by atoms with Gasteiger partial charge >= 0.3 is 11.9 Å². The van der Waals surface area contributed by atoms with Crippen LogP contribution in [-0.2, 0) is 9.59 Å². The van der Waals surface area contributed by atoms with Crippen LogP contribution in [0.1, 0.15) is 50.0 Å². The van der Waals surface area contributed by atoms with E-state index >= 15 is 0 Å². The number of hydrogen-bond donors (Lipinski definition) is 2. The summed E-state index contributed by atoms with van der Waals surface area (Å²) in [5.74, 6) is -1.23. The molecule has 5 nitrogen and oxygen atoms in total. The van der Waals surface area contributed by atoms with Gasteiger partial charge < -0.3 is 14.9 Å². The molecule has 0 amide bonds. The molecule has 2 N–H and O–H groups in total. The van der Waals surface area contributed by atoms with Crippen molar-refractivity contribution in [3.05, 3.63) is 28.8 Å². The maximum atomic E-state index is 12.1. The summed E-state index contributed by atoms with van der Waals surface area (Å²) < 4.78 is 5.46. The summed E-state index contributed by atoms with van der Waals surface area (Å²) in [6.07, 6.45) is -0.932. The highest BCUT2D eigenvalue weighted by Crippen LogP contribution is 2.30. The predicted octanol–water partition coefficient (Wildman–Crippen LogP) is 2.76. The lowest BCUT2D eigenvalue weighted by atomic mass is 9.90. The standard InChI is InChI=1S/C16H22O5/c1-6-16(4,5)15(20)21-13-9(2)7-11(8-10(13)3)12(17)14(18)19/h7-8,12,17H,6H2,1-5H3,(H,18,19). The van der Waals surface area contributed by atoms with E-state index < -0.39 is 17.5 Å². The largest absolute Gasteiger partial charge is 0.479 e. The molecule has 5 heteroatoms. The summed E-state index contributed by atoms with van der Waals surface area (Å²) in [7, 11) is 0. The molecule has 1 aromatic rings. The highest BCUT2D eigenvalue weighted by atomic mass is 16.5. The Hall–Kier alpha value is -1.88. The van der Waals surface area contributed by atoms with E-state index in [1.54, 1.807) is 13.8 Å². The number of carboxylic acids is 1. The van der Waals surface area contributed by atoms with Crippen LogP contribution < -0.4 is 4.74 Å². The molecule has 0 bridgehead atoms. The molecular formula is C16H22O5. The number of aryl methyl sites for hydroxylation is 2. The van der Waals surface area contributed by atoms with E-state index in [-0.39, 0.29) is 11.5 Å². The van der Waals surface area contributed by atoms with Gasteiger partial charge in [-0.25, -0.2) is 4.79 Å². The molecule has 1 rings (SSSR count). The minimum absolute atomic E-state index is 0.270. The summed E-state index contributed by atoms with van der Waals surface area (Å²) in [5.41, 5.74) is 0.918. The van der Waals surface area contributed by atoms with Crippen molar-refractivity contribution in [2.75, 3.05) is 0 Å². The monoisotopic (exact) mass is 294 g/mol. The molecule has 0 aromatic heterocycles. The van der Waals surface area contributed by atoms with Crippen LogP contribution in [0, 0.1) is 19.3 Å². The summed E-state index contributed by atoms with van der Waals surface area (Å²) in [4.78, 5) is 23.0. The number of ether oxygens (including phenoxy) is 1. The second kappa shape index (κ2) is 6.26.